The number of benzene rings is 1. The van der Waals surface area contributed by atoms with Crippen LogP contribution in [0.5, 0.6) is 0 Å². The molecule has 1 unspecified atom stereocenters. The van der Waals surface area contributed by atoms with Gasteiger partial charge in [0.05, 0.1) is 0 Å². The molecule has 92 valence electrons. The van der Waals surface area contributed by atoms with Gasteiger partial charge in [0.2, 0.25) is 0 Å². The maximum Gasteiger partial charge on any atom is 0.326 e. The van der Waals surface area contributed by atoms with Gasteiger partial charge in [-0.25, -0.2) is 4.79 Å². The van der Waals surface area contributed by atoms with Crippen molar-refractivity contribution in [1.29, 1.82) is 0 Å². The number of anilines is 1. The second-order valence-corrected chi connectivity index (χ2v) is 3.58. The van der Waals surface area contributed by atoms with Crippen LogP contribution in [-0.2, 0) is 9.59 Å². The van der Waals surface area contributed by atoms with Crippen LogP contribution >= 0.6 is 0 Å². The Balaban J connectivity index is 2.67. The van der Waals surface area contributed by atoms with E-state index in [2.05, 4.69) is 5.32 Å². The molecule has 0 bridgehead atoms. The lowest BCUT2D eigenvalue weighted by Gasteiger charge is -2.17. The third-order valence-electron chi connectivity index (χ3n) is 2.22. The maximum atomic E-state index is 11.0. The summed E-state index contributed by atoms with van der Waals surface area (Å²) in [7, 11) is 0. The Hall–Kier alpha value is -2.08. The molecule has 0 saturated heterocycles. The van der Waals surface area contributed by atoms with Gasteiger partial charge < -0.3 is 21.3 Å². The van der Waals surface area contributed by atoms with Gasteiger partial charge in [-0.2, -0.15) is 0 Å². The highest BCUT2D eigenvalue weighted by molar-refractivity contribution is 5.80. The Morgan fingerprint density at radius 2 is 1.76 bits per heavy atom. The monoisotopic (exact) mass is 238 g/mol. The minimum absolute atomic E-state index is 0.181. The average Bonchev–Trinajstić information content (AvgIpc) is 2.29. The molecule has 0 fully saturated rings. The number of nitrogens with one attached hydrogen (secondary N) is 1. The van der Waals surface area contributed by atoms with Crippen molar-refractivity contribution < 1.29 is 19.8 Å². The van der Waals surface area contributed by atoms with Crippen LogP contribution in [0.3, 0.4) is 0 Å². The van der Waals surface area contributed by atoms with E-state index in [4.69, 9.17) is 15.9 Å². The quantitative estimate of drug-likeness (QED) is 0.569. The van der Waals surface area contributed by atoms with E-state index < -0.39 is 24.0 Å². The third-order valence-corrected chi connectivity index (χ3v) is 2.22. The Bertz CT molecular complexity index is 394. The highest BCUT2D eigenvalue weighted by Crippen LogP contribution is 2.10. The van der Waals surface area contributed by atoms with E-state index >= 15 is 0 Å². The molecule has 2 atom stereocenters. The first kappa shape index (κ1) is 13.0. The maximum absolute atomic E-state index is 11.0. The van der Waals surface area contributed by atoms with Crippen molar-refractivity contribution in [3.63, 3.8) is 0 Å². The van der Waals surface area contributed by atoms with E-state index in [1.165, 1.54) is 0 Å². The largest absolute Gasteiger partial charge is 0.480 e. The predicted molar refractivity (Wildman–Crippen MR) is 61.7 cm³/mol. The number of carboxylic acid groups (broad SMARTS) is 2. The fourth-order valence-corrected chi connectivity index (χ4v) is 1.31. The third kappa shape index (κ3) is 4.12. The number of carbonyl (C=O) groups is 2. The van der Waals surface area contributed by atoms with E-state index in [1.807, 2.05) is 0 Å². The molecule has 0 aromatic heterocycles. The first-order chi connectivity index (χ1) is 8.00. The molecule has 0 heterocycles. The summed E-state index contributed by atoms with van der Waals surface area (Å²) >= 11 is 0. The molecule has 17 heavy (non-hydrogen) atoms. The Morgan fingerprint density at radius 3 is 2.24 bits per heavy atom. The number of nitrogens with two attached hydrogens (primary N) is 1. The zero-order valence-electron chi connectivity index (χ0n) is 9.04. The first-order valence-corrected chi connectivity index (χ1v) is 5.03. The van der Waals surface area contributed by atoms with Gasteiger partial charge in [-0.05, 0) is 12.1 Å². The topological polar surface area (TPSA) is 113 Å². The number of hydrogen-bond acceptors (Lipinski definition) is 4. The van der Waals surface area contributed by atoms with Crippen LogP contribution in [0.2, 0.25) is 0 Å². The summed E-state index contributed by atoms with van der Waals surface area (Å²) in [6.07, 6.45) is -0.181. The summed E-state index contributed by atoms with van der Waals surface area (Å²) in [4.78, 5) is 21.5. The van der Waals surface area contributed by atoms with Gasteiger partial charge in [0.15, 0.2) is 0 Å². The fraction of sp³-hybridized carbons (Fsp3) is 0.273. The Kier molecular flexibility index (Phi) is 4.47. The molecule has 6 heteroatoms. The molecule has 1 aromatic rings. The van der Waals surface area contributed by atoms with Crippen molar-refractivity contribution in [1.82, 2.24) is 0 Å². The zero-order chi connectivity index (χ0) is 12.8. The number of rotatable bonds is 6. The van der Waals surface area contributed by atoms with Crippen LogP contribution in [-0.4, -0.2) is 34.2 Å². The smallest absolute Gasteiger partial charge is 0.326 e. The first-order valence-electron chi connectivity index (χ1n) is 5.03. The number of para-hydroxylation sites is 1. The van der Waals surface area contributed by atoms with Crippen LogP contribution < -0.4 is 11.1 Å². The molecule has 0 radical (unpaired) electrons. The summed E-state index contributed by atoms with van der Waals surface area (Å²) in [5, 5.41) is 20.3. The van der Waals surface area contributed by atoms with Crippen molar-refractivity contribution in [3.8, 4) is 0 Å². The summed E-state index contributed by atoms with van der Waals surface area (Å²) in [5.74, 6) is -2.35. The lowest BCUT2D eigenvalue weighted by Crippen LogP contribution is -2.40. The van der Waals surface area contributed by atoms with E-state index in [9.17, 15) is 9.59 Å². The van der Waals surface area contributed by atoms with E-state index in [0.717, 1.165) is 0 Å². The van der Waals surface area contributed by atoms with Crippen molar-refractivity contribution in [2.24, 2.45) is 5.73 Å². The summed E-state index contributed by atoms with van der Waals surface area (Å²) in [5.41, 5.74) is 5.91. The molecule has 0 aliphatic carbocycles. The minimum atomic E-state index is -1.22. The highest BCUT2D eigenvalue weighted by Gasteiger charge is 2.24. The second kappa shape index (κ2) is 5.86. The number of carboxylic acids is 2. The predicted octanol–water partition coefficient (Wildman–Crippen LogP) is 0.354. The molecule has 0 saturated carbocycles. The molecular weight excluding hydrogens is 224 g/mol. The fourth-order valence-electron chi connectivity index (χ4n) is 1.31. The SMILES string of the molecule is N[C@H](CC(Nc1ccccc1)C(=O)O)C(=O)O. The van der Waals surface area contributed by atoms with Crippen molar-refractivity contribution >= 4 is 17.6 Å². The van der Waals surface area contributed by atoms with E-state index in [-0.39, 0.29) is 6.42 Å². The van der Waals surface area contributed by atoms with Crippen molar-refractivity contribution in [2.45, 2.75) is 18.5 Å². The molecular formula is C11H14N2O4. The number of aliphatic carboxylic acids is 2. The van der Waals surface area contributed by atoms with Crippen LogP contribution in [0.25, 0.3) is 0 Å². The molecule has 0 spiro atoms. The van der Waals surface area contributed by atoms with Gasteiger partial charge >= 0.3 is 11.9 Å². The number of hydrogen-bond donors (Lipinski definition) is 4. The van der Waals surface area contributed by atoms with E-state index in [1.54, 1.807) is 30.3 Å². The standard InChI is InChI=1S/C11H14N2O4/c12-8(10(14)15)6-9(11(16)17)13-7-4-2-1-3-5-7/h1-5,8-9,13H,6,12H2,(H,14,15)(H,16,17)/t8-,9?/m1/s1. The molecule has 0 aliphatic heterocycles. The van der Waals surface area contributed by atoms with Crippen molar-refractivity contribution in [3.05, 3.63) is 30.3 Å². The van der Waals surface area contributed by atoms with Crippen LogP contribution in [0.4, 0.5) is 5.69 Å². The molecule has 6 nitrogen and oxygen atoms in total. The Labute approximate surface area is 98.1 Å². The summed E-state index contributed by atoms with van der Waals surface area (Å²) in [6.45, 7) is 0. The van der Waals surface area contributed by atoms with E-state index in [0.29, 0.717) is 5.69 Å². The molecule has 1 rings (SSSR count). The average molecular weight is 238 g/mol. The molecule has 5 N–H and O–H groups in total. The van der Waals surface area contributed by atoms with Gasteiger partial charge in [-0.15, -0.1) is 0 Å². The van der Waals surface area contributed by atoms with Crippen LogP contribution in [0.15, 0.2) is 30.3 Å². The van der Waals surface area contributed by atoms with Gasteiger partial charge in [0.1, 0.15) is 12.1 Å². The van der Waals surface area contributed by atoms with Gasteiger partial charge in [-0.1, -0.05) is 18.2 Å². The second-order valence-electron chi connectivity index (χ2n) is 3.58. The van der Waals surface area contributed by atoms with Gasteiger partial charge in [0.25, 0.3) is 0 Å². The van der Waals surface area contributed by atoms with Gasteiger partial charge in [-0.3, -0.25) is 4.79 Å². The zero-order valence-corrected chi connectivity index (χ0v) is 9.04. The Morgan fingerprint density at radius 1 is 1.18 bits per heavy atom. The molecule has 0 aliphatic rings. The van der Waals surface area contributed by atoms with Gasteiger partial charge in [0, 0.05) is 12.1 Å². The summed E-state index contributed by atoms with van der Waals surface area (Å²) in [6, 6.07) is 6.46. The minimum Gasteiger partial charge on any atom is -0.480 e. The summed E-state index contributed by atoms with van der Waals surface area (Å²) < 4.78 is 0. The highest BCUT2D eigenvalue weighted by atomic mass is 16.4. The van der Waals surface area contributed by atoms with Crippen molar-refractivity contribution in [2.75, 3.05) is 5.32 Å². The van der Waals surface area contributed by atoms with Crippen LogP contribution in [0, 0.1) is 0 Å². The van der Waals surface area contributed by atoms with Crippen LogP contribution in [0.1, 0.15) is 6.42 Å². The normalized spacial score (nSPS) is 13.7. The lowest BCUT2D eigenvalue weighted by atomic mass is 10.1. The molecule has 0 amide bonds. The lowest BCUT2D eigenvalue weighted by molar-refractivity contribution is -0.140. The molecule has 1 aromatic carbocycles.